The van der Waals surface area contributed by atoms with Crippen molar-refractivity contribution in [1.29, 1.82) is 0 Å². The predicted molar refractivity (Wildman–Crippen MR) is 110 cm³/mol. The summed E-state index contributed by atoms with van der Waals surface area (Å²) in [6.07, 6.45) is 16.4. The first kappa shape index (κ1) is 17.1. The van der Waals surface area contributed by atoms with Crippen LogP contribution in [0.4, 0.5) is 0 Å². The summed E-state index contributed by atoms with van der Waals surface area (Å²) < 4.78 is 2.14. The summed E-state index contributed by atoms with van der Waals surface area (Å²) in [6, 6.07) is 5.55. The van der Waals surface area contributed by atoms with Crippen molar-refractivity contribution in [2.75, 3.05) is 0 Å². The maximum atomic E-state index is 12.7. The van der Waals surface area contributed by atoms with Gasteiger partial charge in [0.15, 0.2) is 5.43 Å². The van der Waals surface area contributed by atoms with Crippen LogP contribution < -0.4 is 5.43 Å². The maximum absolute atomic E-state index is 12.7. The number of thioether (sulfide) groups is 1. The van der Waals surface area contributed by atoms with Crippen molar-refractivity contribution in [3.8, 4) is 0 Å². The fourth-order valence-electron chi connectivity index (χ4n) is 3.34. The monoisotopic (exact) mass is 362 g/mol. The molecule has 0 saturated carbocycles. The van der Waals surface area contributed by atoms with Gasteiger partial charge >= 0.3 is 0 Å². The Morgan fingerprint density at radius 3 is 2.85 bits per heavy atom. The molecule has 0 amide bonds. The summed E-state index contributed by atoms with van der Waals surface area (Å²) in [5, 5.41) is 1.59. The second-order valence-corrected chi connectivity index (χ2v) is 8.00. The van der Waals surface area contributed by atoms with E-state index in [1.54, 1.807) is 17.8 Å². The molecular formula is C22H22N2OS. The Labute approximate surface area is 157 Å². The van der Waals surface area contributed by atoms with Crippen LogP contribution in [0.5, 0.6) is 0 Å². The minimum atomic E-state index is 0.0278. The number of rotatable bonds is 3. The summed E-state index contributed by atoms with van der Waals surface area (Å²) in [5.74, 6) is 0.473. The number of allylic oxidation sites excluding steroid dienone is 7. The lowest BCUT2D eigenvalue weighted by Gasteiger charge is -2.21. The molecule has 2 heterocycles. The zero-order chi connectivity index (χ0) is 18.1. The first-order valence-electron chi connectivity index (χ1n) is 9.08. The van der Waals surface area contributed by atoms with Crippen molar-refractivity contribution in [3.63, 3.8) is 0 Å². The van der Waals surface area contributed by atoms with Gasteiger partial charge < -0.3 is 0 Å². The molecule has 2 aromatic heterocycles. The van der Waals surface area contributed by atoms with Crippen LogP contribution in [0.25, 0.3) is 16.7 Å². The first-order valence-corrected chi connectivity index (χ1v) is 9.90. The molecule has 2 aliphatic rings. The van der Waals surface area contributed by atoms with Gasteiger partial charge in [0.2, 0.25) is 0 Å². The molecule has 4 rings (SSSR count). The fourth-order valence-corrected chi connectivity index (χ4v) is 4.40. The molecule has 3 nitrogen and oxygen atoms in total. The van der Waals surface area contributed by atoms with E-state index < -0.39 is 0 Å². The molecule has 2 aliphatic carbocycles. The topological polar surface area (TPSA) is 34.9 Å². The molecule has 0 aromatic carbocycles. The SMILES string of the molecule is Cc1ccc2c(=O)cc(SC3=CCCC=C3)n(C3=CC(C)CC=C3)c2n1. The molecule has 0 spiro atoms. The smallest absolute Gasteiger partial charge is 0.192 e. The van der Waals surface area contributed by atoms with Gasteiger partial charge in [-0.3, -0.25) is 9.36 Å². The predicted octanol–water partition coefficient (Wildman–Crippen LogP) is 5.47. The number of pyridine rings is 2. The van der Waals surface area contributed by atoms with Crippen molar-refractivity contribution >= 4 is 28.5 Å². The Morgan fingerprint density at radius 1 is 1.19 bits per heavy atom. The van der Waals surface area contributed by atoms with Crippen molar-refractivity contribution in [2.24, 2.45) is 5.92 Å². The number of aromatic nitrogens is 2. The van der Waals surface area contributed by atoms with Crippen LogP contribution in [0.1, 0.15) is 31.9 Å². The van der Waals surface area contributed by atoms with Crippen molar-refractivity contribution < 1.29 is 0 Å². The second kappa shape index (κ2) is 7.12. The van der Waals surface area contributed by atoms with Crippen molar-refractivity contribution in [1.82, 2.24) is 9.55 Å². The molecule has 1 unspecified atom stereocenters. The van der Waals surface area contributed by atoms with E-state index in [1.807, 2.05) is 19.1 Å². The molecule has 0 bridgehead atoms. The van der Waals surface area contributed by atoms with Gasteiger partial charge in [-0.05, 0) is 50.3 Å². The zero-order valence-corrected chi connectivity index (χ0v) is 15.9. The van der Waals surface area contributed by atoms with Gasteiger partial charge in [0.25, 0.3) is 0 Å². The van der Waals surface area contributed by atoms with Crippen molar-refractivity contribution in [3.05, 3.63) is 75.5 Å². The van der Waals surface area contributed by atoms with E-state index in [4.69, 9.17) is 4.98 Å². The van der Waals surface area contributed by atoms with E-state index in [1.165, 1.54) is 4.91 Å². The van der Waals surface area contributed by atoms with Crippen LogP contribution >= 0.6 is 11.8 Å². The summed E-state index contributed by atoms with van der Waals surface area (Å²) in [4.78, 5) is 18.6. The summed E-state index contributed by atoms with van der Waals surface area (Å²) in [7, 11) is 0. The Hall–Kier alpha value is -2.33. The Bertz CT molecular complexity index is 1040. The van der Waals surface area contributed by atoms with Crippen LogP contribution in [0, 0.1) is 12.8 Å². The van der Waals surface area contributed by atoms with Crippen molar-refractivity contribution in [2.45, 2.75) is 38.1 Å². The minimum Gasteiger partial charge on any atom is -0.289 e. The highest BCUT2D eigenvalue weighted by molar-refractivity contribution is 8.03. The van der Waals surface area contributed by atoms with Gasteiger partial charge in [0.1, 0.15) is 5.65 Å². The van der Waals surface area contributed by atoms with E-state index in [0.717, 1.165) is 41.3 Å². The third-order valence-corrected chi connectivity index (χ3v) is 5.71. The number of fused-ring (bicyclic) bond motifs is 1. The number of aryl methyl sites for hydroxylation is 1. The van der Waals surface area contributed by atoms with Crippen LogP contribution in [-0.4, -0.2) is 9.55 Å². The van der Waals surface area contributed by atoms with Gasteiger partial charge in [-0.25, -0.2) is 4.98 Å². The van der Waals surface area contributed by atoms with Gasteiger partial charge in [-0.15, -0.1) is 0 Å². The van der Waals surface area contributed by atoms with E-state index >= 15 is 0 Å². The second-order valence-electron chi connectivity index (χ2n) is 6.90. The van der Waals surface area contributed by atoms with Crippen LogP contribution in [-0.2, 0) is 0 Å². The third-order valence-electron chi connectivity index (χ3n) is 4.66. The molecular weight excluding hydrogens is 340 g/mol. The fraction of sp³-hybridized carbons (Fsp3) is 0.273. The largest absolute Gasteiger partial charge is 0.289 e. The molecule has 2 aromatic rings. The van der Waals surface area contributed by atoms with E-state index in [-0.39, 0.29) is 5.43 Å². The lowest BCUT2D eigenvalue weighted by Crippen LogP contribution is -2.13. The van der Waals surface area contributed by atoms with E-state index in [9.17, 15) is 4.79 Å². The lowest BCUT2D eigenvalue weighted by molar-refractivity contribution is 0.730. The Balaban J connectivity index is 1.96. The van der Waals surface area contributed by atoms with E-state index in [0.29, 0.717) is 11.3 Å². The average Bonchev–Trinajstić information content (AvgIpc) is 2.62. The van der Waals surface area contributed by atoms with Gasteiger partial charge in [0.05, 0.1) is 10.4 Å². The minimum absolute atomic E-state index is 0.0278. The van der Waals surface area contributed by atoms with Gasteiger partial charge in [-0.2, -0.15) is 0 Å². The first-order chi connectivity index (χ1) is 12.6. The normalized spacial score (nSPS) is 19.5. The molecule has 132 valence electrons. The standard InChI is InChI=1S/C22H22N2OS/c1-15-7-6-8-17(13-15)24-21(26-18-9-4-3-5-10-18)14-20(25)19-12-11-16(2)23-22(19)24/h4,6,8-15H,3,5,7H2,1-2H3. The molecule has 0 radical (unpaired) electrons. The highest BCUT2D eigenvalue weighted by Crippen LogP contribution is 2.34. The Morgan fingerprint density at radius 2 is 2.08 bits per heavy atom. The molecule has 26 heavy (non-hydrogen) atoms. The number of hydrogen-bond acceptors (Lipinski definition) is 3. The van der Waals surface area contributed by atoms with Gasteiger partial charge in [-0.1, -0.05) is 49.1 Å². The summed E-state index contributed by atoms with van der Waals surface area (Å²) in [5.41, 5.74) is 2.78. The van der Waals surface area contributed by atoms with Gasteiger partial charge in [0, 0.05) is 22.4 Å². The highest BCUT2D eigenvalue weighted by atomic mass is 32.2. The lowest BCUT2D eigenvalue weighted by atomic mass is 10.0. The summed E-state index contributed by atoms with van der Waals surface area (Å²) in [6.45, 7) is 4.18. The molecule has 0 saturated heterocycles. The van der Waals surface area contributed by atoms with E-state index in [2.05, 4.69) is 47.9 Å². The number of hydrogen-bond donors (Lipinski definition) is 0. The maximum Gasteiger partial charge on any atom is 0.192 e. The van der Waals surface area contributed by atoms with Crippen LogP contribution in [0.2, 0.25) is 0 Å². The van der Waals surface area contributed by atoms with Crippen LogP contribution in [0.3, 0.4) is 0 Å². The van der Waals surface area contributed by atoms with Crippen LogP contribution in [0.15, 0.2) is 69.4 Å². The molecule has 1 atom stereocenters. The Kier molecular flexibility index (Phi) is 4.68. The molecule has 0 fully saturated rings. The zero-order valence-electron chi connectivity index (χ0n) is 15.1. The average molecular weight is 362 g/mol. The molecule has 4 heteroatoms. The highest BCUT2D eigenvalue weighted by Gasteiger charge is 2.16. The molecule has 0 aliphatic heterocycles. The quantitative estimate of drug-likeness (QED) is 0.726. The number of nitrogens with zero attached hydrogens (tertiary/aromatic N) is 2. The third kappa shape index (κ3) is 3.34. The molecule has 0 N–H and O–H groups in total. The summed E-state index contributed by atoms with van der Waals surface area (Å²) >= 11 is 1.64.